The molecule has 0 atom stereocenters. The van der Waals surface area contributed by atoms with E-state index < -0.39 is 0 Å². The summed E-state index contributed by atoms with van der Waals surface area (Å²) in [4.78, 5) is 2.33. The van der Waals surface area contributed by atoms with E-state index in [0.29, 0.717) is 12.4 Å². The Balaban J connectivity index is 2.12. The van der Waals surface area contributed by atoms with Gasteiger partial charge in [-0.25, -0.2) is 0 Å². The van der Waals surface area contributed by atoms with Gasteiger partial charge in [0.25, 0.3) is 0 Å². The lowest BCUT2D eigenvalue weighted by molar-refractivity contribution is 0.225. The fraction of sp³-hybridized carbons (Fsp3) is 0.538. The van der Waals surface area contributed by atoms with Crippen molar-refractivity contribution in [3.8, 4) is 11.5 Å². The Morgan fingerprint density at radius 2 is 2.12 bits per heavy atom. The highest BCUT2D eigenvalue weighted by molar-refractivity contribution is 5.43. The standard InChI is InChI=1S/C13H20N2O2/c1-2-17-13-5-3-4-12(16)11(13)10-15-8-6-14-7-9-15/h3-5,14,16H,2,6-10H2,1H3. The highest BCUT2D eigenvalue weighted by atomic mass is 16.5. The predicted octanol–water partition coefficient (Wildman–Crippen LogP) is 1.20. The first-order valence-corrected chi connectivity index (χ1v) is 6.18. The van der Waals surface area contributed by atoms with Crippen LogP contribution in [0.2, 0.25) is 0 Å². The lowest BCUT2D eigenvalue weighted by atomic mass is 10.1. The Kier molecular flexibility index (Phi) is 4.23. The van der Waals surface area contributed by atoms with Crippen molar-refractivity contribution in [1.82, 2.24) is 10.2 Å². The summed E-state index contributed by atoms with van der Waals surface area (Å²) in [5.74, 6) is 1.13. The van der Waals surface area contributed by atoms with Gasteiger partial charge in [0.05, 0.1) is 6.61 Å². The van der Waals surface area contributed by atoms with E-state index in [4.69, 9.17) is 4.74 Å². The number of piperazine rings is 1. The van der Waals surface area contributed by atoms with Crippen LogP contribution in [0.3, 0.4) is 0 Å². The van der Waals surface area contributed by atoms with Crippen LogP contribution in [0.25, 0.3) is 0 Å². The minimum atomic E-state index is 0.328. The molecule has 0 radical (unpaired) electrons. The summed E-state index contributed by atoms with van der Waals surface area (Å²) in [5.41, 5.74) is 0.899. The van der Waals surface area contributed by atoms with Crippen molar-refractivity contribution in [2.24, 2.45) is 0 Å². The zero-order chi connectivity index (χ0) is 12.1. The molecule has 0 aromatic heterocycles. The largest absolute Gasteiger partial charge is 0.507 e. The van der Waals surface area contributed by atoms with Gasteiger partial charge >= 0.3 is 0 Å². The Bertz CT molecular complexity index is 362. The number of rotatable bonds is 4. The molecular weight excluding hydrogens is 216 g/mol. The smallest absolute Gasteiger partial charge is 0.127 e. The molecule has 4 heteroatoms. The second-order valence-electron chi connectivity index (χ2n) is 4.21. The van der Waals surface area contributed by atoms with Crippen molar-refractivity contribution < 1.29 is 9.84 Å². The lowest BCUT2D eigenvalue weighted by Gasteiger charge is -2.28. The third-order valence-electron chi connectivity index (χ3n) is 3.00. The minimum absolute atomic E-state index is 0.328. The van der Waals surface area contributed by atoms with Crippen LogP contribution in [0.4, 0.5) is 0 Å². The minimum Gasteiger partial charge on any atom is -0.507 e. The molecule has 1 heterocycles. The number of hydrogen-bond donors (Lipinski definition) is 2. The zero-order valence-corrected chi connectivity index (χ0v) is 10.3. The van der Waals surface area contributed by atoms with E-state index in [-0.39, 0.29) is 0 Å². The van der Waals surface area contributed by atoms with Crippen LogP contribution in [-0.2, 0) is 6.54 Å². The number of phenols is 1. The first-order chi connectivity index (χ1) is 8.31. The first kappa shape index (κ1) is 12.2. The van der Waals surface area contributed by atoms with Crippen LogP contribution >= 0.6 is 0 Å². The van der Waals surface area contributed by atoms with E-state index in [1.807, 2.05) is 19.1 Å². The van der Waals surface area contributed by atoms with Crippen molar-refractivity contribution in [3.63, 3.8) is 0 Å². The van der Waals surface area contributed by atoms with E-state index >= 15 is 0 Å². The van der Waals surface area contributed by atoms with Crippen molar-refractivity contribution in [3.05, 3.63) is 23.8 Å². The molecule has 4 nitrogen and oxygen atoms in total. The molecule has 1 aliphatic heterocycles. The number of nitrogens with zero attached hydrogens (tertiary/aromatic N) is 1. The van der Waals surface area contributed by atoms with Crippen LogP contribution in [0, 0.1) is 0 Å². The maximum atomic E-state index is 9.93. The molecule has 94 valence electrons. The molecule has 2 N–H and O–H groups in total. The average Bonchev–Trinajstić information content (AvgIpc) is 2.35. The molecule has 2 rings (SSSR count). The third-order valence-corrected chi connectivity index (χ3v) is 3.00. The summed E-state index contributed by atoms with van der Waals surface area (Å²) in [6.45, 7) is 7.38. The van der Waals surface area contributed by atoms with Gasteiger partial charge in [-0.05, 0) is 19.1 Å². The number of phenolic OH excluding ortho intramolecular Hbond substituents is 1. The molecular formula is C13H20N2O2. The van der Waals surface area contributed by atoms with E-state index in [1.54, 1.807) is 6.07 Å². The molecule has 1 saturated heterocycles. The number of ether oxygens (including phenoxy) is 1. The van der Waals surface area contributed by atoms with Gasteiger partial charge < -0.3 is 15.2 Å². The number of aromatic hydroxyl groups is 1. The van der Waals surface area contributed by atoms with Gasteiger partial charge in [0.2, 0.25) is 0 Å². The van der Waals surface area contributed by atoms with Gasteiger partial charge in [-0.1, -0.05) is 6.07 Å². The van der Waals surface area contributed by atoms with E-state index in [1.165, 1.54) is 0 Å². The van der Waals surface area contributed by atoms with Crippen molar-refractivity contribution in [2.75, 3.05) is 32.8 Å². The fourth-order valence-electron chi connectivity index (χ4n) is 2.10. The van der Waals surface area contributed by atoms with Crippen LogP contribution in [0.5, 0.6) is 11.5 Å². The normalized spacial score (nSPS) is 17.0. The molecule has 0 unspecified atom stereocenters. The second kappa shape index (κ2) is 5.89. The van der Waals surface area contributed by atoms with Gasteiger partial charge in [0.15, 0.2) is 0 Å². The average molecular weight is 236 g/mol. The predicted molar refractivity (Wildman–Crippen MR) is 67.4 cm³/mol. The van der Waals surface area contributed by atoms with Crippen LogP contribution in [0.1, 0.15) is 12.5 Å². The molecule has 0 spiro atoms. The van der Waals surface area contributed by atoms with Crippen LogP contribution in [0.15, 0.2) is 18.2 Å². The van der Waals surface area contributed by atoms with Gasteiger partial charge in [0, 0.05) is 38.3 Å². The molecule has 1 aromatic carbocycles. The van der Waals surface area contributed by atoms with Crippen molar-refractivity contribution in [2.45, 2.75) is 13.5 Å². The molecule has 1 aromatic rings. The maximum absolute atomic E-state index is 9.93. The van der Waals surface area contributed by atoms with E-state index in [2.05, 4.69) is 10.2 Å². The van der Waals surface area contributed by atoms with Gasteiger partial charge in [-0.15, -0.1) is 0 Å². The van der Waals surface area contributed by atoms with E-state index in [9.17, 15) is 5.11 Å². The van der Waals surface area contributed by atoms with Crippen LogP contribution in [-0.4, -0.2) is 42.8 Å². The van der Waals surface area contributed by atoms with Crippen LogP contribution < -0.4 is 10.1 Å². The second-order valence-corrected chi connectivity index (χ2v) is 4.21. The highest BCUT2D eigenvalue weighted by Crippen LogP contribution is 2.28. The lowest BCUT2D eigenvalue weighted by Crippen LogP contribution is -2.42. The maximum Gasteiger partial charge on any atom is 0.127 e. The van der Waals surface area contributed by atoms with Gasteiger partial charge in [-0.2, -0.15) is 0 Å². The Hall–Kier alpha value is -1.26. The summed E-state index contributed by atoms with van der Waals surface area (Å²) in [6, 6.07) is 5.46. The SMILES string of the molecule is CCOc1cccc(O)c1CN1CCNCC1. The summed E-state index contributed by atoms with van der Waals surface area (Å²) >= 11 is 0. The zero-order valence-electron chi connectivity index (χ0n) is 10.3. The Morgan fingerprint density at radius 3 is 2.82 bits per heavy atom. The number of hydrogen-bond acceptors (Lipinski definition) is 4. The first-order valence-electron chi connectivity index (χ1n) is 6.18. The van der Waals surface area contributed by atoms with Crippen molar-refractivity contribution >= 4 is 0 Å². The topological polar surface area (TPSA) is 44.7 Å². The fourth-order valence-corrected chi connectivity index (χ4v) is 2.10. The monoisotopic (exact) mass is 236 g/mol. The molecule has 0 aliphatic carbocycles. The summed E-state index contributed by atoms with van der Waals surface area (Å²) in [6.07, 6.45) is 0. The molecule has 1 fully saturated rings. The Labute approximate surface area is 102 Å². The molecule has 1 aliphatic rings. The number of benzene rings is 1. The Morgan fingerprint density at radius 1 is 1.35 bits per heavy atom. The van der Waals surface area contributed by atoms with Gasteiger partial charge in [0.1, 0.15) is 11.5 Å². The molecule has 17 heavy (non-hydrogen) atoms. The highest BCUT2D eigenvalue weighted by Gasteiger charge is 2.15. The summed E-state index contributed by atoms with van der Waals surface area (Å²) in [7, 11) is 0. The summed E-state index contributed by atoms with van der Waals surface area (Å²) < 4.78 is 5.56. The third kappa shape index (κ3) is 3.11. The molecule has 0 amide bonds. The molecule has 0 saturated carbocycles. The quantitative estimate of drug-likeness (QED) is 0.824. The van der Waals surface area contributed by atoms with Crippen molar-refractivity contribution in [1.29, 1.82) is 0 Å². The van der Waals surface area contributed by atoms with Gasteiger partial charge in [-0.3, -0.25) is 4.90 Å². The number of nitrogens with one attached hydrogen (secondary N) is 1. The summed E-state index contributed by atoms with van der Waals surface area (Å²) in [5, 5.41) is 13.2. The molecule has 0 bridgehead atoms. The van der Waals surface area contributed by atoms with E-state index in [0.717, 1.165) is 44.0 Å².